The van der Waals surface area contributed by atoms with Crippen LogP contribution in [0.5, 0.6) is 0 Å². The first-order valence-corrected chi connectivity index (χ1v) is 6.70. The lowest BCUT2D eigenvalue weighted by Crippen LogP contribution is -2.19. The summed E-state index contributed by atoms with van der Waals surface area (Å²) in [6.07, 6.45) is 0. The number of carbonyl (C=O) groups is 1. The average molecular weight is 274 g/mol. The Kier molecular flexibility index (Phi) is 2.71. The smallest absolute Gasteiger partial charge is 0.372 e. The Balaban J connectivity index is 2.37. The Hall–Kier alpha value is -2.01. The van der Waals surface area contributed by atoms with Gasteiger partial charge in [0.05, 0.1) is 5.56 Å². The van der Waals surface area contributed by atoms with Crippen LogP contribution in [-0.4, -0.2) is 11.1 Å². The molecule has 96 valence electrons. The van der Waals surface area contributed by atoms with Crippen molar-refractivity contribution in [2.45, 2.75) is 17.6 Å². The molecule has 3 rings (SSSR count). The molecule has 1 N–H and O–H groups in total. The molecule has 0 atom stereocenters. The second-order valence-corrected chi connectivity index (χ2v) is 5.30. The van der Waals surface area contributed by atoms with Gasteiger partial charge in [0.25, 0.3) is 0 Å². The molecule has 0 radical (unpaired) electrons. The van der Waals surface area contributed by atoms with Gasteiger partial charge in [0.15, 0.2) is 5.43 Å². The van der Waals surface area contributed by atoms with Crippen LogP contribution >= 0.6 is 11.8 Å². The maximum Gasteiger partial charge on any atom is 0.372 e. The Morgan fingerprint density at radius 1 is 1.37 bits per heavy atom. The number of thioether (sulfide) groups is 1. The highest BCUT2D eigenvalue weighted by Gasteiger charge is 2.26. The van der Waals surface area contributed by atoms with E-state index in [4.69, 9.17) is 9.52 Å². The van der Waals surface area contributed by atoms with Crippen LogP contribution in [-0.2, 0) is 5.75 Å². The standard InChI is InChI=1S/C14H10O4S/c1-7-11(15)9-6-19-10-5-3-2-4-8(10)13(9)18-12(7)14(16)17/h2-5H,6H2,1H3,(H,16,17). The third kappa shape index (κ3) is 1.77. The molecule has 0 unspecified atom stereocenters. The molecule has 0 spiro atoms. The summed E-state index contributed by atoms with van der Waals surface area (Å²) in [7, 11) is 0. The van der Waals surface area contributed by atoms with E-state index in [1.54, 1.807) is 11.8 Å². The molecule has 2 aromatic rings. The largest absolute Gasteiger partial charge is 0.475 e. The highest BCUT2D eigenvalue weighted by molar-refractivity contribution is 7.98. The number of rotatable bonds is 1. The molecule has 2 heterocycles. The van der Waals surface area contributed by atoms with Gasteiger partial charge in [0, 0.05) is 21.8 Å². The minimum absolute atomic E-state index is 0.159. The van der Waals surface area contributed by atoms with Gasteiger partial charge in [-0.1, -0.05) is 18.2 Å². The lowest BCUT2D eigenvalue weighted by Gasteiger charge is -2.18. The van der Waals surface area contributed by atoms with E-state index in [1.165, 1.54) is 6.92 Å². The molecule has 0 saturated carbocycles. The molecule has 1 aromatic carbocycles. The van der Waals surface area contributed by atoms with E-state index in [9.17, 15) is 9.59 Å². The normalized spacial score (nSPS) is 12.7. The van der Waals surface area contributed by atoms with Crippen LogP contribution in [0, 0.1) is 6.92 Å². The summed E-state index contributed by atoms with van der Waals surface area (Å²) in [6.45, 7) is 1.49. The van der Waals surface area contributed by atoms with Crippen LogP contribution in [0.25, 0.3) is 11.3 Å². The zero-order valence-corrected chi connectivity index (χ0v) is 10.9. The molecular weight excluding hydrogens is 264 g/mol. The Morgan fingerprint density at radius 3 is 2.84 bits per heavy atom. The quantitative estimate of drug-likeness (QED) is 0.866. The van der Waals surface area contributed by atoms with Crippen molar-refractivity contribution in [1.82, 2.24) is 0 Å². The number of carboxylic acid groups (broad SMARTS) is 1. The number of hydrogen-bond acceptors (Lipinski definition) is 4. The number of benzene rings is 1. The zero-order valence-electron chi connectivity index (χ0n) is 10.1. The summed E-state index contributed by atoms with van der Waals surface area (Å²) in [5.41, 5.74) is 1.26. The van der Waals surface area contributed by atoms with Crippen LogP contribution in [0.3, 0.4) is 0 Å². The SMILES string of the molecule is Cc1c(C(=O)O)oc2c(c1=O)CSc1ccccc1-2. The van der Waals surface area contributed by atoms with E-state index < -0.39 is 5.97 Å². The fraction of sp³-hybridized carbons (Fsp3) is 0.143. The molecule has 0 bridgehead atoms. The molecule has 0 aliphatic carbocycles. The second-order valence-electron chi connectivity index (χ2n) is 4.28. The van der Waals surface area contributed by atoms with Crippen molar-refractivity contribution in [2.24, 2.45) is 0 Å². The first-order chi connectivity index (χ1) is 9.09. The van der Waals surface area contributed by atoms with Gasteiger partial charge in [0.1, 0.15) is 5.76 Å². The van der Waals surface area contributed by atoms with Crippen molar-refractivity contribution < 1.29 is 14.3 Å². The second kappa shape index (κ2) is 4.28. The third-order valence-corrected chi connectivity index (χ3v) is 4.23. The summed E-state index contributed by atoms with van der Waals surface area (Å²) in [5, 5.41) is 9.10. The van der Waals surface area contributed by atoms with Crippen molar-refractivity contribution in [3.63, 3.8) is 0 Å². The minimum Gasteiger partial charge on any atom is -0.475 e. The number of fused-ring (bicyclic) bond motifs is 3. The predicted octanol–water partition coefficient (Wildman–Crippen LogP) is 2.92. The number of aromatic carboxylic acids is 1. The van der Waals surface area contributed by atoms with E-state index in [0.717, 1.165) is 10.5 Å². The Bertz CT molecular complexity index is 746. The number of carboxylic acids is 1. The van der Waals surface area contributed by atoms with Crippen LogP contribution in [0.4, 0.5) is 0 Å². The molecule has 5 heteroatoms. The fourth-order valence-corrected chi connectivity index (χ4v) is 3.21. The van der Waals surface area contributed by atoms with Gasteiger partial charge in [-0.2, -0.15) is 0 Å². The molecular formula is C14H10O4S. The molecule has 0 amide bonds. The topological polar surface area (TPSA) is 67.5 Å². The first-order valence-electron chi connectivity index (χ1n) is 5.71. The van der Waals surface area contributed by atoms with Crippen LogP contribution in [0.1, 0.15) is 21.7 Å². The monoisotopic (exact) mass is 274 g/mol. The zero-order chi connectivity index (χ0) is 13.6. The molecule has 4 nitrogen and oxygen atoms in total. The Morgan fingerprint density at radius 2 is 2.11 bits per heavy atom. The molecule has 1 aliphatic rings. The lowest BCUT2D eigenvalue weighted by molar-refractivity contribution is 0.0659. The average Bonchev–Trinajstić information content (AvgIpc) is 2.42. The molecule has 19 heavy (non-hydrogen) atoms. The van der Waals surface area contributed by atoms with Crippen LogP contribution < -0.4 is 5.43 Å². The van der Waals surface area contributed by atoms with E-state index >= 15 is 0 Å². The van der Waals surface area contributed by atoms with Gasteiger partial charge in [-0.05, 0) is 13.0 Å². The summed E-state index contributed by atoms with van der Waals surface area (Å²) >= 11 is 1.56. The fourth-order valence-electron chi connectivity index (χ4n) is 2.16. The predicted molar refractivity (Wildman–Crippen MR) is 71.7 cm³/mol. The van der Waals surface area contributed by atoms with Gasteiger partial charge in [-0.3, -0.25) is 4.79 Å². The molecule has 1 aliphatic heterocycles. The van der Waals surface area contributed by atoms with Gasteiger partial charge in [0.2, 0.25) is 5.76 Å². The first kappa shape index (κ1) is 12.0. The van der Waals surface area contributed by atoms with Crippen molar-refractivity contribution in [2.75, 3.05) is 0 Å². The summed E-state index contributed by atoms with van der Waals surface area (Å²) in [4.78, 5) is 24.3. The van der Waals surface area contributed by atoms with Gasteiger partial charge < -0.3 is 9.52 Å². The maximum absolute atomic E-state index is 12.2. The Labute approximate surface area is 113 Å². The van der Waals surface area contributed by atoms with Gasteiger partial charge in [-0.15, -0.1) is 11.8 Å². The van der Waals surface area contributed by atoms with Crippen LogP contribution in [0.2, 0.25) is 0 Å². The van der Waals surface area contributed by atoms with Crippen LogP contribution in [0.15, 0.2) is 38.4 Å². The van der Waals surface area contributed by atoms with Crippen molar-refractivity contribution >= 4 is 17.7 Å². The van der Waals surface area contributed by atoms with E-state index in [1.807, 2.05) is 24.3 Å². The van der Waals surface area contributed by atoms with Gasteiger partial charge >= 0.3 is 5.97 Å². The highest BCUT2D eigenvalue weighted by atomic mass is 32.2. The summed E-state index contributed by atoms with van der Waals surface area (Å²) < 4.78 is 5.49. The van der Waals surface area contributed by atoms with Gasteiger partial charge in [-0.25, -0.2) is 4.79 Å². The van der Waals surface area contributed by atoms with E-state index in [2.05, 4.69) is 0 Å². The number of hydrogen-bond donors (Lipinski definition) is 1. The van der Waals surface area contributed by atoms with Crippen molar-refractivity contribution in [3.05, 3.63) is 51.4 Å². The van der Waals surface area contributed by atoms with E-state index in [-0.39, 0.29) is 16.8 Å². The summed E-state index contributed by atoms with van der Waals surface area (Å²) in [5.74, 6) is -0.587. The molecule has 0 saturated heterocycles. The maximum atomic E-state index is 12.2. The minimum atomic E-state index is -1.21. The van der Waals surface area contributed by atoms with E-state index in [0.29, 0.717) is 17.1 Å². The molecule has 1 aromatic heterocycles. The van der Waals surface area contributed by atoms with Crippen molar-refractivity contribution in [1.29, 1.82) is 0 Å². The molecule has 0 fully saturated rings. The third-order valence-electron chi connectivity index (χ3n) is 3.13. The lowest BCUT2D eigenvalue weighted by atomic mass is 10.0. The highest BCUT2D eigenvalue weighted by Crippen LogP contribution is 2.40. The van der Waals surface area contributed by atoms with Crippen molar-refractivity contribution in [3.8, 4) is 11.3 Å². The summed E-state index contributed by atoms with van der Waals surface area (Å²) in [6, 6.07) is 7.52.